The molecule has 1 aromatic rings. The Kier molecular flexibility index (Phi) is 6.06. The van der Waals surface area contributed by atoms with Crippen LogP contribution >= 0.6 is 0 Å². The van der Waals surface area contributed by atoms with E-state index >= 15 is 0 Å². The molecule has 1 aromatic carbocycles. The van der Waals surface area contributed by atoms with E-state index in [9.17, 15) is 22.8 Å². The van der Waals surface area contributed by atoms with Gasteiger partial charge < -0.3 is 15.0 Å². The van der Waals surface area contributed by atoms with Gasteiger partial charge >= 0.3 is 6.36 Å². The topological polar surface area (TPSA) is 58.6 Å². The number of amides is 2. The first-order chi connectivity index (χ1) is 11.8. The van der Waals surface area contributed by atoms with Gasteiger partial charge in [0.25, 0.3) is 0 Å². The second-order valence-electron chi connectivity index (χ2n) is 5.68. The van der Waals surface area contributed by atoms with E-state index in [0.29, 0.717) is 25.9 Å². The van der Waals surface area contributed by atoms with Crippen molar-refractivity contribution in [2.24, 2.45) is 5.92 Å². The van der Waals surface area contributed by atoms with Crippen LogP contribution in [-0.2, 0) is 16.1 Å². The van der Waals surface area contributed by atoms with Crippen LogP contribution in [0, 0.1) is 5.92 Å². The number of likely N-dealkylation sites (tertiary alicyclic amines) is 1. The summed E-state index contributed by atoms with van der Waals surface area (Å²) >= 11 is 0. The summed E-state index contributed by atoms with van der Waals surface area (Å²) in [7, 11) is 0. The first kappa shape index (κ1) is 18.8. The molecule has 1 aliphatic heterocycles. The Labute approximate surface area is 143 Å². The quantitative estimate of drug-likeness (QED) is 0.825. The summed E-state index contributed by atoms with van der Waals surface area (Å²) in [5.41, 5.74) is 0.243. The minimum absolute atomic E-state index is 0.0586. The molecular formula is C17H19F3N2O3. The number of hydrogen-bond acceptors (Lipinski definition) is 3. The number of nitrogens with zero attached hydrogens (tertiary/aromatic N) is 1. The highest BCUT2D eigenvalue weighted by molar-refractivity contribution is 5.87. The van der Waals surface area contributed by atoms with Gasteiger partial charge in [-0.15, -0.1) is 13.2 Å². The monoisotopic (exact) mass is 356 g/mol. The first-order valence-corrected chi connectivity index (χ1v) is 7.83. The summed E-state index contributed by atoms with van der Waals surface area (Å²) in [6.07, 6.45) is -2.54. The number of piperidine rings is 1. The number of hydrogen-bond donors (Lipinski definition) is 1. The fourth-order valence-corrected chi connectivity index (χ4v) is 2.69. The van der Waals surface area contributed by atoms with Crippen LogP contribution in [0.5, 0.6) is 5.75 Å². The lowest BCUT2D eigenvalue weighted by atomic mass is 9.95. The van der Waals surface area contributed by atoms with Gasteiger partial charge in [0.2, 0.25) is 11.8 Å². The van der Waals surface area contributed by atoms with Crippen molar-refractivity contribution < 1.29 is 27.5 Å². The molecule has 25 heavy (non-hydrogen) atoms. The van der Waals surface area contributed by atoms with E-state index in [-0.39, 0.29) is 35.6 Å². The molecule has 2 rings (SSSR count). The predicted molar refractivity (Wildman–Crippen MR) is 84.5 cm³/mol. The largest absolute Gasteiger partial charge is 0.573 e. The maximum Gasteiger partial charge on any atom is 0.573 e. The zero-order chi connectivity index (χ0) is 18.4. The number of alkyl halides is 3. The van der Waals surface area contributed by atoms with E-state index in [0.717, 1.165) is 0 Å². The lowest BCUT2D eigenvalue weighted by Gasteiger charge is -2.30. The summed E-state index contributed by atoms with van der Waals surface area (Å²) < 4.78 is 41.1. The van der Waals surface area contributed by atoms with Gasteiger partial charge in [0.1, 0.15) is 5.75 Å². The Morgan fingerprint density at radius 3 is 2.52 bits per heavy atom. The molecular weight excluding hydrogens is 337 g/mol. The van der Waals surface area contributed by atoms with Crippen molar-refractivity contribution in [3.63, 3.8) is 0 Å². The molecule has 0 atom stereocenters. The molecule has 1 saturated heterocycles. The third-order valence-corrected chi connectivity index (χ3v) is 4.00. The summed E-state index contributed by atoms with van der Waals surface area (Å²) in [4.78, 5) is 25.3. The molecule has 0 aromatic heterocycles. The van der Waals surface area contributed by atoms with Crippen molar-refractivity contribution in [3.05, 3.63) is 42.5 Å². The number of benzene rings is 1. The number of nitrogens with one attached hydrogen (secondary N) is 1. The second-order valence-corrected chi connectivity index (χ2v) is 5.68. The van der Waals surface area contributed by atoms with Gasteiger partial charge in [0, 0.05) is 31.1 Å². The van der Waals surface area contributed by atoms with Gasteiger partial charge in [-0.3, -0.25) is 9.59 Å². The molecule has 136 valence electrons. The Bertz CT molecular complexity index is 638. The molecule has 0 unspecified atom stereocenters. The normalized spacial score (nSPS) is 15.6. The van der Waals surface area contributed by atoms with E-state index in [2.05, 4.69) is 16.6 Å². The SMILES string of the molecule is C=CC(=O)N1CCC(C(=O)NCc2ccccc2OC(F)(F)F)CC1. The van der Waals surface area contributed by atoms with Crippen LogP contribution in [0.15, 0.2) is 36.9 Å². The minimum Gasteiger partial charge on any atom is -0.405 e. The van der Waals surface area contributed by atoms with Crippen LogP contribution in [0.1, 0.15) is 18.4 Å². The van der Waals surface area contributed by atoms with E-state index in [1.807, 2.05) is 0 Å². The highest BCUT2D eigenvalue weighted by Gasteiger charge is 2.32. The number of ether oxygens (including phenoxy) is 1. The molecule has 0 aliphatic carbocycles. The Morgan fingerprint density at radius 2 is 1.92 bits per heavy atom. The highest BCUT2D eigenvalue weighted by atomic mass is 19.4. The van der Waals surface area contributed by atoms with E-state index in [1.165, 1.54) is 24.3 Å². The van der Waals surface area contributed by atoms with E-state index < -0.39 is 6.36 Å². The maximum atomic E-state index is 12.4. The molecule has 0 bridgehead atoms. The molecule has 2 amide bonds. The summed E-state index contributed by atoms with van der Waals surface area (Å²) in [6, 6.07) is 5.67. The van der Waals surface area contributed by atoms with Gasteiger partial charge in [-0.25, -0.2) is 0 Å². The fraction of sp³-hybridized carbons (Fsp3) is 0.412. The Balaban J connectivity index is 1.89. The molecule has 1 aliphatic rings. The average Bonchev–Trinajstić information content (AvgIpc) is 2.59. The highest BCUT2D eigenvalue weighted by Crippen LogP contribution is 2.26. The number of rotatable bonds is 5. The van der Waals surface area contributed by atoms with Gasteiger partial charge in [0.05, 0.1) is 0 Å². The molecule has 1 heterocycles. The second kappa shape index (κ2) is 8.04. The predicted octanol–water partition coefficient (Wildman–Crippen LogP) is 2.63. The zero-order valence-corrected chi connectivity index (χ0v) is 13.5. The molecule has 8 heteroatoms. The number of halogens is 3. The van der Waals surface area contributed by atoms with Crippen molar-refractivity contribution in [2.45, 2.75) is 25.7 Å². The smallest absolute Gasteiger partial charge is 0.405 e. The summed E-state index contributed by atoms with van der Waals surface area (Å²) in [6.45, 7) is 4.28. The van der Waals surface area contributed by atoms with Crippen LogP contribution in [0.2, 0.25) is 0 Å². The maximum absolute atomic E-state index is 12.4. The van der Waals surface area contributed by atoms with Gasteiger partial charge in [-0.1, -0.05) is 24.8 Å². The van der Waals surface area contributed by atoms with Crippen molar-refractivity contribution in [1.82, 2.24) is 10.2 Å². The lowest BCUT2D eigenvalue weighted by Crippen LogP contribution is -2.42. The van der Waals surface area contributed by atoms with Gasteiger partial charge in [-0.2, -0.15) is 0 Å². The zero-order valence-electron chi connectivity index (χ0n) is 13.5. The van der Waals surface area contributed by atoms with Gasteiger partial charge in [-0.05, 0) is 25.0 Å². The third kappa shape index (κ3) is 5.51. The summed E-state index contributed by atoms with van der Waals surface area (Å²) in [5, 5.41) is 2.64. The van der Waals surface area contributed by atoms with Crippen LogP contribution in [0.3, 0.4) is 0 Å². The Hall–Kier alpha value is -2.51. The molecule has 0 saturated carbocycles. The lowest BCUT2D eigenvalue weighted by molar-refractivity contribution is -0.274. The molecule has 0 radical (unpaired) electrons. The number of para-hydroxylation sites is 1. The molecule has 1 fully saturated rings. The van der Waals surface area contributed by atoms with Crippen LogP contribution in [-0.4, -0.2) is 36.2 Å². The van der Waals surface area contributed by atoms with E-state index in [1.54, 1.807) is 11.0 Å². The number of carbonyl (C=O) groups excluding carboxylic acids is 2. The van der Waals surface area contributed by atoms with E-state index in [4.69, 9.17) is 0 Å². The van der Waals surface area contributed by atoms with Crippen molar-refractivity contribution in [3.8, 4) is 5.75 Å². The number of carbonyl (C=O) groups is 2. The standard InChI is InChI=1S/C17H19F3N2O3/c1-2-15(23)22-9-7-12(8-10-22)16(24)21-11-13-5-3-4-6-14(13)25-17(18,19)20/h2-6,12H,1,7-11H2,(H,21,24). The van der Waals surface area contributed by atoms with Crippen LogP contribution in [0.4, 0.5) is 13.2 Å². The van der Waals surface area contributed by atoms with Crippen LogP contribution in [0.25, 0.3) is 0 Å². The van der Waals surface area contributed by atoms with Gasteiger partial charge in [0.15, 0.2) is 0 Å². The molecule has 5 nitrogen and oxygen atoms in total. The Morgan fingerprint density at radius 1 is 1.28 bits per heavy atom. The van der Waals surface area contributed by atoms with Crippen LogP contribution < -0.4 is 10.1 Å². The molecule has 1 N–H and O–H groups in total. The molecule has 0 spiro atoms. The fourth-order valence-electron chi connectivity index (χ4n) is 2.69. The van der Waals surface area contributed by atoms with Crippen molar-refractivity contribution in [2.75, 3.05) is 13.1 Å². The average molecular weight is 356 g/mol. The van der Waals surface area contributed by atoms with Crippen molar-refractivity contribution >= 4 is 11.8 Å². The third-order valence-electron chi connectivity index (χ3n) is 4.00. The van der Waals surface area contributed by atoms with Crippen molar-refractivity contribution in [1.29, 1.82) is 0 Å². The first-order valence-electron chi connectivity index (χ1n) is 7.83. The summed E-state index contributed by atoms with van der Waals surface area (Å²) in [5.74, 6) is -1.02. The minimum atomic E-state index is -4.79.